The maximum atomic E-state index is 12.6. The predicted octanol–water partition coefficient (Wildman–Crippen LogP) is 2.05. The summed E-state index contributed by atoms with van der Waals surface area (Å²) in [5.41, 5.74) is 3.07. The first-order chi connectivity index (χ1) is 13.1. The largest absolute Gasteiger partial charge is 0.345 e. The normalized spacial score (nSPS) is 17.0. The first-order valence-electron chi connectivity index (χ1n) is 9.66. The van der Waals surface area contributed by atoms with E-state index in [1.165, 1.54) is 6.42 Å². The molecule has 7 nitrogen and oxygen atoms in total. The Morgan fingerprint density at radius 2 is 2.07 bits per heavy atom. The highest BCUT2D eigenvalue weighted by Gasteiger charge is 2.30. The zero-order chi connectivity index (χ0) is 18.8. The molecule has 0 saturated heterocycles. The Hall–Kier alpha value is -2.70. The van der Waals surface area contributed by atoms with Crippen LogP contribution in [0.2, 0.25) is 0 Å². The molecule has 1 fully saturated rings. The number of carbonyl (C=O) groups excluding carboxylic acids is 2. The fourth-order valence-corrected chi connectivity index (χ4v) is 3.64. The number of aromatic nitrogens is 3. The predicted molar refractivity (Wildman–Crippen MR) is 99.7 cm³/mol. The minimum Gasteiger partial charge on any atom is -0.345 e. The topological polar surface area (TPSA) is 80.1 Å². The van der Waals surface area contributed by atoms with E-state index in [9.17, 15) is 9.59 Å². The third-order valence-corrected chi connectivity index (χ3v) is 5.38. The molecule has 1 N–H and O–H groups in total. The summed E-state index contributed by atoms with van der Waals surface area (Å²) >= 11 is 0. The minimum absolute atomic E-state index is 0.205. The number of pyridine rings is 1. The van der Waals surface area contributed by atoms with Gasteiger partial charge in [-0.05, 0) is 44.4 Å². The molecule has 27 heavy (non-hydrogen) atoms. The summed E-state index contributed by atoms with van der Waals surface area (Å²) in [6, 6.07) is 7.38. The molecule has 7 heteroatoms. The van der Waals surface area contributed by atoms with Crippen LogP contribution in [-0.2, 0) is 24.4 Å². The van der Waals surface area contributed by atoms with Crippen molar-refractivity contribution >= 4 is 11.8 Å². The lowest BCUT2D eigenvalue weighted by Gasteiger charge is -2.30. The van der Waals surface area contributed by atoms with E-state index >= 15 is 0 Å². The van der Waals surface area contributed by atoms with Gasteiger partial charge >= 0.3 is 0 Å². The lowest BCUT2D eigenvalue weighted by atomic mass is 9.84. The molecule has 3 heterocycles. The molecule has 0 spiro atoms. The highest BCUT2D eigenvalue weighted by molar-refractivity contribution is 5.92. The van der Waals surface area contributed by atoms with Crippen LogP contribution in [0, 0.1) is 12.8 Å². The molecule has 0 unspecified atom stereocenters. The Balaban J connectivity index is 1.40. The molecular formula is C20H25N5O2. The first-order valence-corrected chi connectivity index (χ1v) is 9.66. The van der Waals surface area contributed by atoms with E-state index < -0.39 is 0 Å². The standard InChI is InChI=1S/C20H25N5O2/c1-14-5-2-8-18(22-14)19(26)21-12-16-11-17-13-24(9-4-10-25(17)23-16)20(27)15-6-3-7-15/h2,5,8,11,15H,3-4,6-7,9-10,12-13H2,1H3,(H,21,26). The van der Waals surface area contributed by atoms with Gasteiger partial charge in [-0.15, -0.1) is 0 Å². The molecule has 142 valence electrons. The van der Waals surface area contributed by atoms with Gasteiger partial charge in [0, 0.05) is 24.7 Å². The van der Waals surface area contributed by atoms with Crippen molar-refractivity contribution in [2.45, 2.75) is 52.2 Å². The summed E-state index contributed by atoms with van der Waals surface area (Å²) in [5.74, 6) is 0.306. The molecule has 4 rings (SSSR count). The average molecular weight is 367 g/mol. The molecule has 1 saturated carbocycles. The molecule has 2 aromatic heterocycles. The summed E-state index contributed by atoms with van der Waals surface area (Å²) < 4.78 is 1.97. The van der Waals surface area contributed by atoms with Crippen LogP contribution in [0.25, 0.3) is 0 Å². The fraction of sp³-hybridized carbons (Fsp3) is 0.500. The van der Waals surface area contributed by atoms with Gasteiger partial charge < -0.3 is 10.2 Å². The van der Waals surface area contributed by atoms with Gasteiger partial charge in [0.25, 0.3) is 5.91 Å². The second-order valence-corrected chi connectivity index (χ2v) is 7.44. The quantitative estimate of drug-likeness (QED) is 0.897. The van der Waals surface area contributed by atoms with Crippen LogP contribution in [-0.4, -0.2) is 38.0 Å². The van der Waals surface area contributed by atoms with E-state index in [2.05, 4.69) is 15.4 Å². The summed E-state index contributed by atoms with van der Waals surface area (Å²) in [5, 5.41) is 7.49. The van der Waals surface area contributed by atoms with Crippen molar-refractivity contribution in [2.75, 3.05) is 6.54 Å². The lowest BCUT2D eigenvalue weighted by Crippen LogP contribution is -2.38. The van der Waals surface area contributed by atoms with Crippen molar-refractivity contribution < 1.29 is 9.59 Å². The number of nitrogens with one attached hydrogen (secondary N) is 1. The van der Waals surface area contributed by atoms with Crippen LogP contribution < -0.4 is 5.32 Å². The van der Waals surface area contributed by atoms with Crippen molar-refractivity contribution in [2.24, 2.45) is 5.92 Å². The molecule has 0 atom stereocenters. The van der Waals surface area contributed by atoms with Crippen molar-refractivity contribution in [3.8, 4) is 0 Å². The van der Waals surface area contributed by atoms with Crippen LogP contribution in [0.3, 0.4) is 0 Å². The SMILES string of the molecule is Cc1cccc(C(=O)NCc2cc3n(n2)CCCN(C(=O)C2CCC2)C3)n1. The molecule has 0 bridgehead atoms. The minimum atomic E-state index is -0.205. The van der Waals surface area contributed by atoms with Crippen LogP contribution in [0.5, 0.6) is 0 Å². The summed E-state index contributed by atoms with van der Waals surface area (Å²) in [6.07, 6.45) is 4.13. The van der Waals surface area contributed by atoms with Crippen molar-refractivity contribution in [1.29, 1.82) is 0 Å². The number of fused-ring (bicyclic) bond motifs is 1. The molecule has 2 amide bonds. The van der Waals surface area contributed by atoms with Gasteiger partial charge in [-0.2, -0.15) is 5.10 Å². The van der Waals surface area contributed by atoms with Gasteiger partial charge in [-0.25, -0.2) is 4.98 Å². The smallest absolute Gasteiger partial charge is 0.270 e. The zero-order valence-electron chi connectivity index (χ0n) is 15.6. The van der Waals surface area contributed by atoms with Crippen molar-refractivity contribution in [3.63, 3.8) is 0 Å². The highest BCUT2D eigenvalue weighted by atomic mass is 16.2. The number of aryl methyl sites for hydroxylation is 2. The first kappa shape index (κ1) is 17.7. The van der Waals surface area contributed by atoms with Gasteiger partial charge in [0.05, 0.1) is 24.5 Å². The number of hydrogen-bond acceptors (Lipinski definition) is 4. The molecule has 1 aliphatic heterocycles. The van der Waals surface area contributed by atoms with Gasteiger partial charge in [0.1, 0.15) is 5.69 Å². The molecule has 2 aromatic rings. The van der Waals surface area contributed by atoms with Gasteiger partial charge in [0.15, 0.2) is 0 Å². The van der Waals surface area contributed by atoms with Crippen LogP contribution in [0.1, 0.15) is 53.3 Å². The number of carbonyl (C=O) groups is 2. The van der Waals surface area contributed by atoms with Crippen LogP contribution >= 0.6 is 0 Å². The summed E-state index contributed by atoms with van der Waals surface area (Å²) in [7, 11) is 0. The van der Waals surface area contributed by atoms with Crippen molar-refractivity contribution in [1.82, 2.24) is 25.0 Å². The zero-order valence-corrected chi connectivity index (χ0v) is 15.6. The van der Waals surface area contributed by atoms with Crippen LogP contribution in [0.15, 0.2) is 24.3 Å². The molecular weight excluding hydrogens is 342 g/mol. The van der Waals surface area contributed by atoms with E-state index in [4.69, 9.17) is 0 Å². The van der Waals surface area contributed by atoms with Crippen molar-refractivity contribution in [3.05, 3.63) is 47.0 Å². The Labute approximate surface area is 158 Å². The fourth-order valence-electron chi connectivity index (χ4n) is 3.64. The number of hydrogen-bond donors (Lipinski definition) is 1. The summed E-state index contributed by atoms with van der Waals surface area (Å²) in [4.78, 5) is 31.1. The highest BCUT2D eigenvalue weighted by Crippen LogP contribution is 2.29. The Bertz CT molecular complexity index is 856. The Morgan fingerprint density at radius 1 is 1.22 bits per heavy atom. The van der Waals surface area contributed by atoms with Gasteiger partial charge in [-0.3, -0.25) is 14.3 Å². The average Bonchev–Trinajstić information content (AvgIpc) is 2.88. The van der Waals surface area contributed by atoms with E-state index in [0.717, 1.165) is 49.4 Å². The van der Waals surface area contributed by atoms with E-state index in [0.29, 0.717) is 18.8 Å². The van der Waals surface area contributed by atoms with E-state index in [1.807, 2.05) is 34.7 Å². The Morgan fingerprint density at radius 3 is 2.81 bits per heavy atom. The van der Waals surface area contributed by atoms with E-state index in [1.54, 1.807) is 6.07 Å². The maximum Gasteiger partial charge on any atom is 0.270 e. The lowest BCUT2D eigenvalue weighted by molar-refractivity contribution is -0.138. The second kappa shape index (κ2) is 7.50. The Kier molecular flexibility index (Phi) is 4.92. The molecule has 1 aliphatic carbocycles. The molecule has 2 aliphatic rings. The third-order valence-electron chi connectivity index (χ3n) is 5.38. The van der Waals surface area contributed by atoms with Crippen LogP contribution in [0.4, 0.5) is 0 Å². The van der Waals surface area contributed by atoms with Gasteiger partial charge in [0.2, 0.25) is 5.91 Å². The third kappa shape index (κ3) is 3.86. The van der Waals surface area contributed by atoms with Gasteiger partial charge in [-0.1, -0.05) is 12.5 Å². The number of nitrogens with zero attached hydrogens (tertiary/aromatic N) is 4. The van der Waals surface area contributed by atoms with E-state index in [-0.39, 0.29) is 17.7 Å². The monoisotopic (exact) mass is 367 g/mol. The number of amides is 2. The maximum absolute atomic E-state index is 12.6. The number of rotatable bonds is 4. The second-order valence-electron chi connectivity index (χ2n) is 7.44. The molecule has 0 aromatic carbocycles. The summed E-state index contributed by atoms with van der Waals surface area (Å²) in [6.45, 7) is 4.42. The molecule has 0 radical (unpaired) electrons.